The van der Waals surface area contributed by atoms with Crippen LogP contribution >= 0.6 is 11.8 Å². The van der Waals surface area contributed by atoms with E-state index < -0.39 is 0 Å². The van der Waals surface area contributed by atoms with E-state index in [0.717, 1.165) is 42.8 Å². The minimum absolute atomic E-state index is 0.696. The van der Waals surface area contributed by atoms with Crippen molar-refractivity contribution in [1.29, 1.82) is 0 Å². The van der Waals surface area contributed by atoms with Crippen molar-refractivity contribution in [2.45, 2.75) is 37.9 Å². The van der Waals surface area contributed by atoms with Crippen LogP contribution in [-0.2, 0) is 6.54 Å². The lowest BCUT2D eigenvalue weighted by atomic mass is 10.0. The van der Waals surface area contributed by atoms with E-state index in [4.69, 9.17) is 4.42 Å². The maximum Gasteiger partial charge on any atom is 0.226 e. The fraction of sp³-hybridized carbons (Fsp3) is 0.526. The fourth-order valence-electron chi connectivity index (χ4n) is 3.58. The van der Waals surface area contributed by atoms with Crippen LogP contribution in [0.1, 0.15) is 25.0 Å². The topological polar surface area (TPSA) is 41.3 Å². The molecule has 0 amide bonds. The number of likely N-dealkylation sites (tertiary alicyclic amines) is 1. The Morgan fingerprint density at radius 2 is 1.96 bits per heavy atom. The molecular weight excluding hydrogens is 318 g/mol. The average molecular weight is 343 g/mol. The monoisotopic (exact) mass is 343 g/mol. The molecule has 2 aliphatic rings. The van der Waals surface area contributed by atoms with E-state index in [1.165, 1.54) is 30.8 Å². The number of benzene rings is 1. The molecule has 0 bridgehead atoms. The largest absolute Gasteiger partial charge is 0.444 e. The fourth-order valence-corrected chi connectivity index (χ4v) is 4.74. The standard InChI is InChI=1S/C19H25N3OS/c1-2-4-15(5-3-1)19-21-18(13-23-19)12-22-9-6-16(7-10-22)20-17-8-11-24-14-17/h1-5,13,16-17,20H,6-12,14H2/t17-/m0/s1. The van der Waals surface area contributed by atoms with Crippen molar-refractivity contribution in [2.24, 2.45) is 0 Å². The lowest BCUT2D eigenvalue weighted by Crippen LogP contribution is -2.46. The minimum Gasteiger partial charge on any atom is -0.444 e. The van der Waals surface area contributed by atoms with Crippen LogP contribution in [0.3, 0.4) is 0 Å². The average Bonchev–Trinajstić information content (AvgIpc) is 3.29. The van der Waals surface area contributed by atoms with Gasteiger partial charge in [-0.2, -0.15) is 11.8 Å². The summed E-state index contributed by atoms with van der Waals surface area (Å²) in [6.45, 7) is 3.18. The molecule has 2 fully saturated rings. The molecule has 1 N–H and O–H groups in total. The Hall–Kier alpha value is -1.30. The molecule has 24 heavy (non-hydrogen) atoms. The summed E-state index contributed by atoms with van der Waals surface area (Å²) in [5.41, 5.74) is 2.08. The van der Waals surface area contributed by atoms with Crippen LogP contribution in [0.5, 0.6) is 0 Å². The van der Waals surface area contributed by atoms with Gasteiger partial charge in [0.2, 0.25) is 5.89 Å². The highest BCUT2D eigenvalue weighted by Gasteiger charge is 2.24. The molecule has 0 aliphatic carbocycles. The predicted molar refractivity (Wildman–Crippen MR) is 99.1 cm³/mol. The zero-order valence-electron chi connectivity index (χ0n) is 14.0. The van der Waals surface area contributed by atoms with Gasteiger partial charge in [0.15, 0.2) is 0 Å². The van der Waals surface area contributed by atoms with Gasteiger partial charge in [0, 0.05) is 43.0 Å². The zero-order chi connectivity index (χ0) is 16.2. The van der Waals surface area contributed by atoms with Crippen molar-refractivity contribution in [2.75, 3.05) is 24.6 Å². The third-order valence-electron chi connectivity index (χ3n) is 4.95. The van der Waals surface area contributed by atoms with Crippen molar-refractivity contribution in [3.05, 3.63) is 42.3 Å². The van der Waals surface area contributed by atoms with E-state index >= 15 is 0 Å². The van der Waals surface area contributed by atoms with Crippen LogP contribution in [0.2, 0.25) is 0 Å². The first-order valence-corrected chi connectivity index (χ1v) is 10.1. The highest BCUT2D eigenvalue weighted by Crippen LogP contribution is 2.22. The molecule has 1 atom stereocenters. The van der Waals surface area contributed by atoms with Gasteiger partial charge in [-0.3, -0.25) is 4.90 Å². The molecule has 4 rings (SSSR count). The molecule has 1 aromatic carbocycles. The number of hydrogen-bond acceptors (Lipinski definition) is 5. The van der Waals surface area contributed by atoms with Gasteiger partial charge in [-0.05, 0) is 37.1 Å². The van der Waals surface area contributed by atoms with E-state index in [2.05, 4.69) is 27.0 Å². The maximum absolute atomic E-state index is 5.65. The van der Waals surface area contributed by atoms with Gasteiger partial charge >= 0.3 is 0 Å². The molecule has 0 spiro atoms. The molecule has 2 aliphatic heterocycles. The molecule has 5 heteroatoms. The lowest BCUT2D eigenvalue weighted by molar-refractivity contribution is 0.184. The number of rotatable bonds is 5. The van der Waals surface area contributed by atoms with Gasteiger partial charge in [0.05, 0.1) is 5.69 Å². The van der Waals surface area contributed by atoms with Crippen molar-refractivity contribution < 1.29 is 4.42 Å². The Bertz CT molecular complexity index is 631. The predicted octanol–water partition coefficient (Wildman–Crippen LogP) is 3.40. The molecule has 128 valence electrons. The summed E-state index contributed by atoms with van der Waals surface area (Å²) in [5, 5.41) is 3.85. The summed E-state index contributed by atoms with van der Waals surface area (Å²) in [5.74, 6) is 3.34. The second kappa shape index (κ2) is 7.72. The maximum atomic E-state index is 5.65. The smallest absolute Gasteiger partial charge is 0.226 e. The number of oxazole rings is 1. The van der Waals surface area contributed by atoms with Crippen LogP contribution in [-0.4, -0.2) is 46.6 Å². The van der Waals surface area contributed by atoms with E-state index in [0.29, 0.717) is 6.04 Å². The van der Waals surface area contributed by atoms with Crippen LogP contribution in [0.15, 0.2) is 41.0 Å². The summed E-state index contributed by atoms with van der Waals surface area (Å²) in [4.78, 5) is 7.14. The van der Waals surface area contributed by atoms with E-state index in [1.54, 1.807) is 0 Å². The Morgan fingerprint density at radius 1 is 1.12 bits per heavy atom. The molecule has 4 nitrogen and oxygen atoms in total. The van der Waals surface area contributed by atoms with E-state index in [1.807, 2.05) is 36.6 Å². The normalized spacial score (nSPS) is 22.9. The van der Waals surface area contributed by atoms with E-state index in [9.17, 15) is 0 Å². The summed E-state index contributed by atoms with van der Waals surface area (Å²) in [7, 11) is 0. The van der Waals surface area contributed by atoms with Gasteiger partial charge in [0.25, 0.3) is 0 Å². The van der Waals surface area contributed by atoms with Crippen molar-refractivity contribution >= 4 is 11.8 Å². The van der Waals surface area contributed by atoms with Gasteiger partial charge in [0.1, 0.15) is 6.26 Å². The molecule has 1 aromatic heterocycles. The van der Waals surface area contributed by atoms with Gasteiger partial charge < -0.3 is 9.73 Å². The summed E-state index contributed by atoms with van der Waals surface area (Å²) < 4.78 is 5.65. The quantitative estimate of drug-likeness (QED) is 0.901. The second-order valence-corrected chi connectivity index (χ2v) is 7.94. The highest BCUT2D eigenvalue weighted by atomic mass is 32.2. The first-order chi connectivity index (χ1) is 11.9. The Kier molecular flexibility index (Phi) is 5.21. The van der Waals surface area contributed by atoms with Gasteiger partial charge in [-0.25, -0.2) is 4.98 Å². The number of thioether (sulfide) groups is 1. The van der Waals surface area contributed by atoms with Crippen LogP contribution in [0.4, 0.5) is 0 Å². The Labute approximate surface area is 148 Å². The first kappa shape index (κ1) is 16.2. The number of nitrogens with one attached hydrogen (secondary N) is 1. The summed E-state index contributed by atoms with van der Waals surface area (Å²) >= 11 is 2.08. The third-order valence-corrected chi connectivity index (χ3v) is 6.11. The van der Waals surface area contributed by atoms with Crippen molar-refractivity contribution in [3.63, 3.8) is 0 Å². The zero-order valence-corrected chi connectivity index (χ0v) is 14.8. The molecule has 0 radical (unpaired) electrons. The molecule has 3 heterocycles. The number of aromatic nitrogens is 1. The molecule has 2 aromatic rings. The first-order valence-electron chi connectivity index (χ1n) is 8.93. The SMILES string of the molecule is c1ccc(-c2nc(CN3CCC(N[C@H]4CCSC4)CC3)co2)cc1. The van der Waals surface area contributed by atoms with Gasteiger partial charge in [-0.15, -0.1) is 0 Å². The van der Waals surface area contributed by atoms with Crippen LogP contribution in [0, 0.1) is 0 Å². The van der Waals surface area contributed by atoms with Crippen molar-refractivity contribution in [1.82, 2.24) is 15.2 Å². The number of hydrogen-bond donors (Lipinski definition) is 1. The van der Waals surface area contributed by atoms with E-state index in [-0.39, 0.29) is 0 Å². The lowest BCUT2D eigenvalue weighted by Gasteiger charge is -2.33. The molecular formula is C19H25N3OS. The summed E-state index contributed by atoms with van der Waals surface area (Å²) in [6, 6.07) is 11.6. The third kappa shape index (κ3) is 4.02. The highest BCUT2D eigenvalue weighted by molar-refractivity contribution is 7.99. The van der Waals surface area contributed by atoms with Crippen molar-refractivity contribution in [3.8, 4) is 11.5 Å². The Balaban J connectivity index is 1.27. The Morgan fingerprint density at radius 3 is 2.71 bits per heavy atom. The molecule has 0 unspecified atom stereocenters. The summed E-state index contributed by atoms with van der Waals surface area (Å²) in [6.07, 6.45) is 5.63. The van der Waals surface area contributed by atoms with Crippen LogP contribution in [0.25, 0.3) is 11.5 Å². The van der Waals surface area contributed by atoms with Crippen LogP contribution < -0.4 is 5.32 Å². The minimum atomic E-state index is 0.696. The number of nitrogens with zero attached hydrogens (tertiary/aromatic N) is 2. The van der Waals surface area contributed by atoms with Gasteiger partial charge in [-0.1, -0.05) is 18.2 Å². The second-order valence-electron chi connectivity index (χ2n) is 6.79. The molecule has 0 saturated carbocycles. The molecule has 2 saturated heterocycles. The number of piperidine rings is 1.